The minimum Gasteiger partial charge on any atom is -0.351 e. The first-order valence-electron chi connectivity index (χ1n) is 8.09. The molecule has 5 nitrogen and oxygen atoms in total. The van der Waals surface area contributed by atoms with Crippen molar-refractivity contribution in [1.29, 1.82) is 0 Å². The van der Waals surface area contributed by atoms with Gasteiger partial charge >= 0.3 is 0 Å². The van der Waals surface area contributed by atoms with Crippen molar-refractivity contribution in [2.45, 2.75) is 30.8 Å². The van der Waals surface area contributed by atoms with Gasteiger partial charge in [-0.25, -0.2) is 4.98 Å². The highest BCUT2D eigenvalue weighted by atomic mass is 32.2. The predicted molar refractivity (Wildman–Crippen MR) is 100 cm³/mol. The molecule has 0 radical (unpaired) electrons. The Hall–Kier alpha value is -2.60. The van der Waals surface area contributed by atoms with E-state index >= 15 is 0 Å². The molecule has 1 amide bonds. The molecule has 0 bridgehead atoms. The van der Waals surface area contributed by atoms with Gasteiger partial charge in [0.25, 0.3) is 0 Å². The van der Waals surface area contributed by atoms with Crippen LogP contribution in [0.5, 0.6) is 0 Å². The number of H-pyrrole nitrogens is 1. The van der Waals surface area contributed by atoms with Gasteiger partial charge in [0.2, 0.25) is 11.1 Å². The third-order valence-electron chi connectivity index (χ3n) is 3.75. The molecule has 6 heteroatoms. The zero-order valence-electron chi connectivity index (χ0n) is 14.2. The number of aromatic amines is 1. The summed E-state index contributed by atoms with van der Waals surface area (Å²) in [6, 6.07) is 17.9. The Morgan fingerprint density at radius 3 is 2.60 bits per heavy atom. The van der Waals surface area contributed by atoms with E-state index in [9.17, 15) is 4.79 Å². The summed E-state index contributed by atoms with van der Waals surface area (Å²) >= 11 is 1.34. The summed E-state index contributed by atoms with van der Waals surface area (Å²) in [6.45, 7) is 4.42. The van der Waals surface area contributed by atoms with Crippen molar-refractivity contribution in [3.8, 4) is 11.4 Å². The van der Waals surface area contributed by atoms with Crippen molar-refractivity contribution in [2.75, 3.05) is 0 Å². The minimum absolute atomic E-state index is 0.0309. The van der Waals surface area contributed by atoms with E-state index in [0.717, 1.165) is 11.1 Å². The number of aryl methyl sites for hydroxylation is 1. The van der Waals surface area contributed by atoms with Gasteiger partial charge in [-0.15, -0.1) is 5.10 Å². The van der Waals surface area contributed by atoms with Crippen molar-refractivity contribution in [3.63, 3.8) is 0 Å². The van der Waals surface area contributed by atoms with Crippen LogP contribution in [0.2, 0.25) is 0 Å². The maximum absolute atomic E-state index is 12.3. The molecule has 1 atom stereocenters. The van der Waals surface area contributed by atoms with Crippen molar-refractivity contribution in [3.05, 3.63) is 65.7 Å². The first-order valence-corrected chi connectivity index (χ1v) is 8.97. The number of carbonyl (C=O) groups excluding carboxylic acids is 1. The van der Waals surface area contributed by atoms with Crippen LogP contribution >= 0.6 is 11.8 Å². The highest BCUT2D eigenvalue weighted by molar-refractivity contribution is 8.00. The number of hydrogen-bond acceptors (Lipinski definition) is 4. The Kier molecular flexibility index (Phi) is 5.50. The van der Waals surface area contributed by atoms with Crippen LogP contribution in [-0.2, 0) is 11.3 Å². The Balaban J connectivity index is 1.54. The highest BCUT2D eigenvalue weighted by Crippen LogP contribution is 2.22. The van der Waals surface area contributed by atoms with E-state index in [1.165, 1.54) is 17.3 Å². The number of amides is 1. The van der Waals surface area contributed by atoms with Crippen LogP contribution in [0.4, 0.5) is 0 Å². The van der Waals surface area contributed by atoms with Crippen LogP contribution in [0.25, 0.3) is 11.4 Å². The normalized spacial score (nSPS) is 11.9. The van der Waals surface area contributed by atoms with Crippen LogP contribution in [0.1, 0.15) is 18.1 Å². The van der Waals surface area contributed by atoms with E-state index in [1.807, 2.05) is 68.4 Å². The summed E-state index contributed by atoms with van der Waals surface area (Å²) in [5, 5.41) is 10.4. The second-order valence-corrected chi connectivity index (χ2v) is 7.10. The molecule has 1 aromatic heterocycles. The van der Waals surface area contributed by atoms with E-state index in [2.05, 4.69) is 20.5 Å². The van der Waals surface area contributed by atoms with Gasteiger partial charge in [0.05, 0.1) is 5.25 Å². The van der Waals surface area contributed by atoms with E-state index in [0.29, 0.717) is 17.5 Å². The number of rotatable bonds is 6. The monoisotopic (exact) mass is 352 g/mol. The second-order valence-electron chi connectivity index (χ2n) is 5.80. The Morgan fingerprint density at radius 2 is 1.88 bits per heavy atom. The lowest BCUT2D eigenvalue weighted by molar-refractivity contribution is -0.120. The average molecular weight is 352 g/mol. The summed E-state index contributed by atoms with van der Waals surface area (Å²) in [7, 11) is 0. The maximum Gasteiger partial charge on any atom is 0.233 e. The molecule has 0 aliphatic rings. The van der Waals surface area contributed by atoms with E-state index in [-0.39, 0.29) is 11.2 Å². The summed E-state index contributed by atoms with van der Waals surface area (Å²) in [4.78, 5) is 16.7. The van der Waals surface area contributed by atoms with Crippen molar-refractivity contribution < 1.29 is 4.79 Å². The van der Waals surface area contributed by atoms with Crippen LogP contribution in [0.15, 0.2) is 59.8 Å². The topological polar surface area (TPSA) is 70.7 Å². The van der Waals surface area contributed by atoms with E-state index in [4.69, 9.17) is 0 Å². The Morgan fingerprint density at radius 1 is 1.16 bits per heavy atom. The molecule has 2 N–H and O–H groups in total. The smallest absolute Gasteiger partial charge is 0.233 e. The van der Waals surface area contributed by atoms with Crippen LogP contribution in [0, 0.1) is 6.92 Å². The molecule has 0 spiro atoms. The van der Waals surface area contributed by atoms with Crippen molar-refractivity contribution >= 4 is 17.7 Å². The molecule has 3 aromatic rings. The van der Waals surface area contributed by atoms with Gasteiger partial charge in [0.15, 0.2) is 5.82 Å². The fourth-order valence-corrected chi connectivity index (χ4v) is 3.02. The number of thioether (sulfide) groups is 1. The molecule has 0 saturated heterocycles. The Labute approximate surface area is 151 Å². The molecule has 0 unspecified atom stereocenters. The number of hydrogen-bond donors (Lipinski definition) is 2. The van der Waals surface area contributed by atoms with E-state index < -0.39 is 0 Å². The second kappa shape index (κ2) is 7.98. The number of nitrogens with one attached hydrogen (secondary N) is 2. The average Bonchev–Trinajstić information content (AvgIpc) is 3.10. The molecule has 25 heavy (non-hydrogen) atoms. The molecule has 0 aliphatic carbocycles. The van der Waals surface area contributed by atoms with Crippen LogP contribution < -0.4 is 5.32 Å². The zero-order chi connectivity index (χ0) is 17.6. The summed E-state index contributed by atoms with van der Waals surface area (Å²) in [6.07, 6.45) is 0. The largest absolute Gasteiger partial charge is 0.351 e. The van der Waals surface area contributed by atoms with Crippen LogP contribution in [0.3, 0.4) is 0 Å². The molecule has 1 heterocycles. The van der Waals surface area contributed by atoms with Gasteiger partial charge in [0.1, 0.15) is 0 Å². The number of aromatic nitrogens is 3. The fourth-order valence-electron chi connectivity index (χ4n) is 2.27. The molecule has 3 rings (SSSR count). The Bertz CT molecular complexity index is 830. The van der Waals surface area contributed by atoms with Gasteiger partial charge < -0.3 is 5.32 Å². The predicted octanol–water partition coefficient (Wildman–Crippen LogP) is 3.58. The molecule has 0 fully saturated rings. The lowest BCUT2D eigenvalue weighted by Gasteiger charge is -2.10. The number of nitrogens with zero attached hydrogens (tertiary/aromatic N) is 2. The van der Waals surface area contributed by atoms with E-state index in [1.54, 1.807) is 0 Å². The molecular formula is C19H20N4OS. The van der Waals surface area contributed by atoms with Gasteiger partial charge in [-0.05, 0) is 19.4 Å². The third kappa shape index (κ3) is 4.70. The number of benzene rings is 2. The zero-order valence-corrected chi connectivity index (χ0v) is 15.0. The first kappa shape index (κ1) is 17.2. The maximum atomic E-state index is 12.3. The van der Waals surface area contributed by atoms with Gasteiger partial charge in [0, 0.05) is 12.1 Å². The lowest BCUT2D eigenvalue weighted by Crippen LogP contribution is -2.30. The van der Waals surface area contributed by atoms with Crippen molar-refractivity contribution in [1.82, 2.24) is 20.5 Å². The molecule has 0 aliphatic heterocycles. The molecule has 128 valence electrons. The molecule has 0 saturated carbocycles. The lowest BCUT2D eigenvalue weighted by atomic mass is 10.1. The summed E-state index contributed by atoms with van der Waals surface area (Å²) < 4.78 is 0. The standard InChI is InChI=1S/C19H20N4OS/c1-13-8-10-15(11-9-13)12-20-18(24)14(2)25-19-21-17(22-23-19)16-6-4-3-5-7-16/h3-11,14H,12H2,1-2H3,(H,20,24)(H,21,22,23)/t14-/m1/s1. The minimum atomic E-state index is -0.273. The summed E-state index contributed by atoms with van der Waals surface area (Å²) in [5.74, 6) is 0.673. The van der Waals surface area contributed by atoms with Crippen molar-refractivity contribution in [2.24, 2.45) is 0 Å². The molecule has 2 aromatic carbocycles. The highest BCUT2D eigenvalue weighted by Gasteiger charge is 2.17. The van der Waals surface area contributed by atoms with Gasteiger partial charge in [-0.1, -0.05) is 71.9 Å². The third-order valence-corrected chi connectivity index (χ3v) is 4.71. The van der Waals surface area contributed by atoms with Crippen LogP contribution in [-0.4, -0.2) is 26.3 Å². The summed E-state index contributed by atoms with van der Waals surface area (Å²) in [5.41, 5.74) is 3.26. The van der Waals surface area contributed by atoms with Gasteiger partial charge in [-0.3, -0.25) is 9.89 Å². The first-order chi connectivity index (χ1) is 12.1. The number of carbonyl (C=O) groups is 1. The SMILES string of the molecule is Cc1ccc(CNC(=O)[C@@H](C)Sc2n[nH]c(-c3ccccc3)n2)cc1. The fraction of sp³-hybridized carbons (Fsp3) is 0.211. The molecular weight excluding hydrogens is 332 g/mol. The quantitative estimate of drug-likeness (QED) is 0.665. The van der Waals surface area contributed by atoms with Gasteiger partial charge in [-0.2, -0.15) is 0 Å².